The molecule has 0 bridgehead atoms. The zero-order valence-corrected chi connectivity index (χ0v) is 12.5. The van der Waals surface area contributed by atoms with Gasteiger partial charge in [-0.3, -0.25) is 4.90 Å². The SMILES string of the molecule is Cc1cccc(NCCN(CC(C)C)C(C)C)c1. The van der Waals surface area contributed by atoms with E-state index in [1.54, 1.807) is 0 Å². The molecular weight excluding hydrogens is 220 g/mol. The summed E-state index contributed by atoms with van der Waals surface area (Å²) in [6, 6.07) is 9.18. The topological polar surface area (TPSA) is 15.3 Å². The average Bonchev–Trinajstić information content (AvgIpc) is 2.27. The molecule has 0 aromatic heterocycles. The summed E-state index contributed by atoms with van der Waals surface area (Å²) in [6.45, 7) is 14.5. The number of anilines is 1. The van der Waals surface area contributed by atoms with Crippen LogP contribution in [0.2, 0.25) is 0 Å². The summed E-state index contributed by atoms with van der Waals surface area (Å²) in [5, 5.41) is 3.50. The zero-order chi connectivity index (χ0) is 13.5. The molecule has 0 aliphatic heterocycles. The van der Waals surface area contributed by atoms with Gasteiger partial charge in [-0.15, -0.1) is 0 Å². The molecule has 0 amide bonds. The van der Waals surface area contributed by atoms with Crippen LogP contribution < -0.4 is 5.32 Å². The standard InChI is InChI=1S/C16H28N2/c1-13(2)12-18(14(3)4)10-9-17-16-8-6-7-15(5)11-16/h6-8,11,13-14,17H,9-10,12H2,1-5H3. The summed E-state index contributed by atoms with van der Waals surface area (Å²) in [7, 11) is 0. The van der Waals surface area contributed by atoms with Gasteiger partial charge in [-0.2, -0.15) is 0 Å². The minimum atomic E-state index is 0.617. The van der Waals surface area contributed by atoms with Crippen LogP contribution in [-0.4, -0.2) is 30.6 Å². The Morgan fingerprint density at radius 2 is 1.89 bits per heavy atom. The molecule has 1 aromatic rings. The highest BCUT2D eigenvalue weighted by Crippen LogP contribution is 2.09. The summed E-state index contributed by atoms with van der Waals surface area (Å²) >= 11 is 0. The van der Waals surface area contributed by atoms with E-state index in [4.69, 9.17) is 0 Å². The molecule has 2 heteroatoms. The molecule has 0 fully saturated rings. The molecular formula is C16H28N2. The maximum absolute atomic E-state index is 3.50. The zero-order valence-electron chi connectivity index (χ0n) is 12.5. The molecule has 102 valence electrons. The van der Waals surface area contributed by atoms with Crippen LogP contribution in [0.15, 0.2) is 24.3 Å². The summed E-state index contributed by atoms with van der Waals surface area (Å²) in [5.41, 5.74) is 2.53. The van der Waals surface area contributed by atoms with Crippen molar-refractivity contribution < 1.29 is 0 Å². The first-order valence-corrected chi connectivity index (χ1v) is 7.03. The molecule has 1 rings (SSSR count). The molecule has 1 aromatic carbocycles. The van der Waals surface area contributed by atoms with Crippen molar-refractivity contribution in [3.63, 3.8) is 0 Å². The number of hydrogen-bond acceptors (Lipinski definition) is 2. The highest BCUT2D eigenvalue weighted by Gasteiger charge is 2.10. The third-order valence-electron chi connectivity index (χ3n) is 3.08. The molecule has 18 heavy (non-hydrogen) atoms. The Kier molecular flexibility index (Phi) is 6.20. The second-order valence-electron chi connectivity index (χ2n) is 5.78. The molecule has 2 nitrogen and oxygen atoms in total. The van der Waals surface area contributed by atoms with Gasteiger partial charge in [-0.1, -0.05) is 26.0 Å². The van der Waals surface area contributed by atoms with E-state index >= 15 is 0 Å². The number of rotatable bonds is 7. The second kappa shape index (κ2) is 7.42. The van der Waals surface area contributed by atoms with Crippen LogP contribution in [0.3, 0.4) is 0 Å². The van der Waals surface area contributed by atoms with E-state index in [2.05, 4.69) is 69.1 Å². The fraction of sp³-hybridized carbons (Fsp3) is 0.625. The van der Waals surface area contributed by atoms with Crippen LogP contribution in [0.25, 0.3) is 0 Å². The first kappa shape index (κ1) is 15.0. The number of benzene rings is 1. The lowest BCUT2D eigenvalue weighted by molar-refractivity contribution is 0.205. The lowest BCUT2D eigenvalue weighted by Crippen LogP contribution is -2.37. The number of nitrogens with zero attached hydrogens (tertiary/aromatic N) is 1. The van der Waals surface area contributed by atoms with Gasteiger partial charge in [0.05, 0.1) is 0 Å². The summed E-state index contributed by atoms with van der Waals surface area (Å²) in [4.78, 5) is 2.54. The quantitative estimate of drug-likeness (QED) is 0.790. The molecule has 0 spiro atoms. The van der Waals surface area contributed by atoms with Crippen LogP contribution in [0, 0.1) is 12.8 Å². The van der Waals surface area contributed by atoms with Crippen molar-refractivity contribution in [2.45, 2.75) is 40.7 Å². The molecule has 0 aliphatic carbocycles. The van der Waals surface area contributed by atoms with Crippen molar-refractivity contribution >= 4 is 5.69 Å². The van der Waals surface area contributed by atoms with Gasteiger partial charge in [0.2, 0.25) is 0 Å². The Bertz CT molecular complexity index is 345. The third-order valence-corrected chi connectivity index (χ3v) is 3.08. The van der Waals surface area contributed by atoms with Gasteiger partial charge < -0.3 is 5.32 Å². The van der Waals surface area contributed by atoms with E-state index in [1.165, 1.54) is 17.8 Å². The lowest BCUT2D eigenvalue weighted by Gasteiger charge is -2.28. The van der Waals surface area contributed by atoms with Crippen LogP contribution in [0.4, 0.5) is 5.69 Å². The van der Waals surface area contributed by atoms with Gasteiger partial charge >= 0.3 is 0 Å². The van der Waals surface area contributed by atoms with E-state index in [0.29, 0.717) is 6.04 Å². The predicted molar refractivity (Wildman–Crippen MR) is 81.2 cm³/mol. The van der Waals surface area contributed by atoms with E-state index < -0.39 is 0 Å². The maximum Gasteiger partial charge on any atom is 0.0343 e. The molecule has 0 radical (unpaired) electrons. The van der Waals surface area contributed by atoms with Gasteiger partial charge in [0.25, 0.3) is 0 Å². The number of hydrogen-bond donors (Lipinski definition) is 1. The Morgan fingerprint density at radius 1 is 1.17 bits per heavy atom. The van der Waals surface area contributed by atoms with Crippen LogP contribution in [0.1, 0.15) is 33.3 Å². The minimum Gasteiger partial charge on any atom is -0.384 e. The Morgan fingerprint density at radius 3 is 2.44 bits per heavy atom. The van der Waals surface area contributed by atoms with Crippen molar-refractivity contribution in [3.05, 3.63) is 29.8 Å². The van der Waals surface area contributed by atoms with Gasteiger partial charge in [-0.05, 0) is 44.4 Å². The van der Waals surface area contributed by atoms with E-state index in [9.17, 15) is 0 Å². The van der Waals surface area contributed by atoms with Crippen LogP contribution >= 0.6 is 0 Å². The van der Waals surface area contributed by atoms with Crippen molar-refractivity contribution in [2.24, 2.45) is 5.92 Å². The van der Waals surface area contributed by atoms with Crippen molar-refractivity contribution in [1.82, 2.24) is 4.90 Å². The monoisotopic (exact) mass is 248 g/mol. The van der Waals surface area contributed by atoms with Crippen molar-refractivity contribution in [2.75, 3.05) is 25.0 Å². The predicted octanol–water partition coefficient (Wildman–Crippen LogP) is 3.77. The maximum atomic E-state index is 3.50. The molecule has 0 saturated carbocycles. The Hall–Kier alpha value is -1.02. The second-order valence-corrected chi connectivity index (χ2v) is 5.78. The normalized spacial score (nSPS) is 11.6. The fourth-order valence-corrected chi connectivity index (χ4v) is 2.13. The lowest BCUT2D eigenvalue weighted by atomic mass is 10.2. The smallest absolute Gasteiger partial charge is 0.0343 e. The number of nitrogens with one attached hydrogen (secondary N) is 1. The summed E-state index contributed by atoms with van der Waals surface area (Å²) in [6.07, 6.45) is 0. The van der Waals surface area contributed by atoms with Crippen LogP contribution in [0.5, 0.6) is 0 Å². The molecule has 0 atom stereocenters. The number of aryl methyl sites for hydroxylation is 1. The van der Waals surface area contributed by atoms with Gasteiger partial charge in [-0.25, -0.2) is 0 Å². The van der Waals surface area contributed by atoms with Crippen LogP contribution in [-0.2, 0) is 0 Å². The Balaban J connectivity index is 2.39. The highest BCUT2D eigenvalue weighted by molar-refractivity contribution is 5.45. The molecule has 1 N–H and O–H groups in total. The summed E-state index contributed by atoms with van der Waals surface area (Å²) in [5.74, 6) is 0.728. The van der Waals surface area contributed by atoms with Gasteiger partial charge in [0.15, 0.2) is 0 Å². The van der Waals surface area contributed by atoms with Gasteiger partial charge in [0, 0.05) is 31.4 Å². The van der Waals surface area contributed by atoms with Crippen molar-refractivity contribution in [3.8, 4) is 0 Å². The molecule has 0 saturated heterocycles. The highest BCUT2D eigenvalue weighted by atomic mass is 15.2. The summed E-state index contributed by atoms with van der Waals surface area (Å²) < 4.78 is 0. The average molecular weight is 248 g/mol. The van der Waals surface area contributed by atoms with E-state index in [0.717, 1.165) is 19.0 Å². The molecule has 0 heterocycles. The Labute approximate surface area is 112 Å². The third kappa shape index (κ3) is 5.54. The molecule has 0 unspecified atom stereocenters. The van der Waals surface area contributed by atoms with E-state index in [-0.39, 0.29) is 0 Å². The first-order valence-electron chi connectivity index (χ1n) is 7.03. The largest absolute Gasteiger partial charge is 0.384 e. The fourth-order valence-electron chi connectivity index (χ4n) is 2.13. The van der Waals surface area contributed by atoms with Crippen molar-refractivity contribution in [1.29, 1.82) is 0 Å². The van der Waals surface area contributed by atoms with Gasteiger partial charge in [0.1, 0.15) is 0 Å². The first-order chi connectivity index (χ1) is 8.49. The molecule has 0 aliphatic rings. The van der Waals surface area contributed by atoms with E-state index in [1.807, 2.05) is 0 Å². The minimum absolute atomic E-state index is 0.617.